The molecule has 2 heterocycles. The number of rotatable bonds is 7. The van der Waals surface area contributed by atoms with Crippen molar-refractivity contribution in [1.82, 2.24) is 10.0 Å². The Balaban J connectivity index is 1.76. The third-order valence-electron chi connectivity index (χ3n) is 5.56. The molecule has 1 aliphatic rings. The van der Waals surface area contributed by atoms with E-state index in [2.05, 4.69) is 11.4 Å². The van der Waals surface area contributed by atoms with Crippen LogP contribution in [0.1, 0.15) is 38.2 Å². The summed E-state index contributed by atoms with van der Waals surface area (Å²) in [5.74, 6) is 0.988. The lowest BCUT2D eigenvalue weighted by Gasteiger charge is -2.28. The molecule has 7 nitrogen and oxygen atoms in total. The summed E-state index contributed by atoms with van der Waals surface area (Å²) in [6.45, 7) is 2.06. The molecule has 1 N–H and O–H groups in total. The van der Waals surface area contributed by atoms with Crippen molar-refractivity contribution in [2.75, 3.05) is 12.9 Å². The minimum absolute atomic E-state index is 0.0329. The number of ether oxygens (including phenoxy) is 1. The standard InChI is InChI=1S/C21H25FN2O5S/c1-4-15-13-16-8-10-24(18(16)14-17(15)22)11-9-21(2,30(3,26)27)20(25)23-29-19-7-5-6-12-28-19/h1,8,10,13-14,19H,5-7,9,11-12H2,2-3H3,(H,23,25)/t19?,21-/m1/s1. The van der Waals surface area contributed by atoms with E-state index in [0.717, 1.165) is 24.5 Å². The zero-order valence-electron chi connectivity index (χ0n) is 17.0. The second kappa shape index (κ2) is 8.76. The van der Waals surface area contributed by atoms with Crippen LogP contribution < -0.4 is 5.48 Å². The van der Waals surface area contributed by atoms with Crippen molar-refractivity contribution in [1.29, 1.82) is 0 Å². The maximum atomic E-state index is 14.1. The van der Waals surface area contributed by atoms with Gasteiger partial charge in [0.2, 0.25) is 0 Å². The molecular formula is C21H25FN2O5S. The Morgan fingerprint density at radius 2 is 2.23 bits per heavy atom. The molecule has 2 atom stereocenters. The van der Waals surface area contributed by atoms with Crippen LogP contribution in [0.5, 0.6) is 0 Å². The monoisotopic (exact) mass is 436 g/mol. The van der Waals surface area contributed by atoms with E-state index in [1.165, 1.54) is 13.0 Å². The molecule has 0 aliphatic carbocycles. The highest BCUT2D eigenvalue weighted by Gasteiger charge is 2.44. The number of hydroxylamine groups is 1. The van der Waals surface area contributed by atoms with Gasteiger partial charge in [0.25, 0.3) is 5.91 Å². The van der Waals surface area contributed by atoms with Crippen LogP contribution in [0.15, 0.2) is 24.4 Å². The van der Waals surface area contributed by atoms with Crippen LogP contribution in [0.2, 0.25) is 0 Å². The van der Waals surface area contributed by atoms with Gasteiger partial charge in [0.1, 0.15) is 5.82 Å². The average Bonchev–Trinajstić information content (AvgIpc) is 3.11. The highest BCUT2D eigenvalue weighted by molar-refractivity contribution is 7.92. The first-order chi connectivity index (χ1) is 14.2. The van der Waals surface area contributed by atoms with Gasteiger partial charge in [-0.1, -0.05) is 5.92 Å². The molecule has 0 saturated carbocycles. The van der Waals surface area contributed by atoms with Crippen molar-refractivity contribution in [3.8, 4) is 12.3 Å². The highest BCUT2D eigenvalue weighted by atomic mass is 32.2. The number of hydrogen-bond donors (Lipinski definition) is 1. The lowest BCUT2D eigenvalue weighted by molar-refractivity contribution is -0.201. The van der Waals surface area contributed by atoms with Crippen LogP contribution >= 0.6 is 0 Å². The molecule has 1 aromatic carbocycles. The second-order valence-electron chi connectivity index (χ2n) is 7.64. The highest BCUT2D eigenvalue weighted by Crippen LogP contribution is 2.26. The summed E-state index contributed by atoms with van der Waals surface area (Å²) in [6.07, 6.45) is 9.84. The normalized spacial score (nSPS) is 19.2. The average molecular weight is 437 g/mol. The largest absolute Gasteiger partial charge is 0.350 e. The second-order valence-corrected chi connectivity index (χ2v) is 10.1. The van der Waals surface area contributed by atoms with Gasteiger partial charge in [0.05, 0.1) is 11.1 Å². The Bertz CT molecular complexity index is 1080. The van der Waals surface area contributed by atoms with Crippen LogP contribution in [0.25, 0.3) is 10.9 Å². The molecule has 1 aromatic heterocycles. The first-order valence-electron chi connectivity index (χ1n) is 9.68. The fourth-order valence-electron chi connectivity index (χ4n) is 3.35. The molecule has 1 unspecified atom stereocenters. The number of aromatic nitrogens is 1. The Labute approximate surface area is 175 Å². The van der Waals surface area contributed by atoms with Gasteiger partial charge in [-0.25, -0.2) is 23.1 Å². The number of benzene rings is 1. The van der Waals surface area contributed by atoms with Crippen LogP contribution in [0.4, 0.5) is 4.39 Å². The SMILES string of the molecule is C#Cc1cc2ccn(CC[C@](C)(C(=O)NOC3CCCCO3)S(C)(=O)=O)c2cc1F. The summed E-state index contributed by atoms with van der Waals surface area (Å²) in [5, 5.41) is 0.729. The van der Waals surface area contributed by atoms with E-state index in [1.807, 2.05) is 0 Å². The predicted octanol–water partition coefficient (Wildman–Crippen LogP) is 2.53. The summed E-state index contributed by atoms with van der Waals surface area (Å²) in [4.78, 5) is 18.0. The third-order valence-corrected chi connectivity index (χ3v) is 7.59. The molecule has 1 fully saturated rings. The maximum Gasteiger partial charge on any atom is 0.264 e. The van der Waals surface area contributed by atoms with E-state index in [-0.39, 0.29) is 18.5 Å². The number of carbonyl (C=O) groups excluding carboxylic acids is 1. The third kappa shape index (κ3) is 4.51. The molecule has 2 aromatic rings. The number of fused-ring (bicyclic) bond motifs is 1. The van der Waals surface area contributed by atoms with E-state index < -0.39 is 32.6 Å². The van der Waals surface area contributed by atoms with Crippen LogP contribution in [-0.4, -0.2) is 42.8 Å². The fourth-order valence-corrected chi connectivity index (χ4v) is 4.19. The molecule has 1 amide bonds. The number of nitrogens with zero attached hydrogens (tertiary/aromatic N) is 1. The van der Waals surface area contributed by atoms with Crippen molar-refractivity contribution in [2.24, 2.45) is 0 Å². The van der Waals surface area contributed by atoms with Crippen LogP contribution in [0.3, 0.4) is 0 Å². The number of hydrogen-bond acceptors (Lipinski definition) is 5. The number of halogens is 1. The van der Waals surface area contributed by atoms with Crippen molar-refractivity contribution >= 4 is 26.6 Å². The Morgan fingerprint density at radius 1 is 1.47 bits per heavy atom. The van der Waals surface area contributed by atoms with Crippen LogP contribution in [-0.2, 0) is 30.8 Å². The quantitative estimate of drug-likeness (QED) is 0.533. The summed E-state index contributed by atoms with van der Waals surface area (Å²) in [7, 11) is -3.79. The zero-order chi connectivity index (χ0) is 21.9. The lowest BCUT2D eigenvalue weighted by atomic mass is 10.1. The van der Waals surface area contributed by atoms with Gasteiger partial charge in [0, 0.05) is 37.4 Å². The number of nitrogens with one attached hydrogen (secondary N) is 1. The van der Waals surface area contributed by atoms with E-state index in [0.29, 0.717) is 18.5 Å². The summed E-state index contributed by atoms with van der Waals surface area (Å²) in [5.41, 5.74) is 2.98. The zero-order valence-corrected chi connectivity index (χ0v) is 17.8. The van der Waals surface area contributed by atoms with E-state index in [9.17, 15) is 17.6 Å². The topological polar surface area (TPSA) is 86.6 Å². The number of sulfone groups is 1. The molecule has 162 valence electrons. The minimum atomic E-state index is -3.79. The lowest BCUT2D eigenvalue weighted by Crippen LogP contribution is -2.51. The first kappa shape index (κ1) is 22.3. The molecule has 1 aliphatic heterocycles. The number of carbonyl (C=O) groups is 1. The van der Waals surface area contributed by atoms with Crippen molar-refractivity contribution in [3.05, 3.63) is 35.8 Å². The smallest absolute Gasteiger partial charge is 0.264 e. The Hall–Kier alpha value is -2.41. The molecule has 9 heteroatoms. The molecule has 0 spiro atoms. The van der Waals surface area contributed by atoms with Gasteiger partial charge in [-0.2, -0.15) is 0 Å². The van der Waals surface area contributed by atoms with E-state index in [4.69, 9.17) is 16.0 Å². The van der Waals surface area contributed by atoms with Crippen molar-refractivity contribution < 1.29 is 27.2 Å². The number of aryl methyl sites for hydroxylation is 1. The molecule has 3 rings (SSSR count). The number of amides is 1. The summed E-state index contributed by atoms with van der Waals surface area (Å²) >= 11 is 0. The predicted molar refractivity (Wildman–Crippen MR) is 111 cm³/mol. The van der Waals surface area contributed by atoms with Gasteiger partial charge in [-0.15, -0.1) is 6.42 Å². The molecule has 0 bridgehead atoms. The summed E-state index contributed by atoms with van der Waals surface area (Å²) < 4.78 is 44.4. The number of terminal acetylenes is 1. The summed E-state index contributed by atoms with van der Waals surface area (Å²) in [6, 6.07) is 4.63. The molecule has 30 heavy (non-hydrogen) atoms. The van der Waals surface area contributed by atoms with Crippen molar-refractivity contribution in [3.63, 3.8) is 0 Å². The fraction of sp³-hybridized carbons (Fsp3) is 0.476. The first-order valence-corrected chi connectivity index (χ1v) is 11.6. The van der Waals surface area contributed by atoms with Crippen molar-refractivity contribution in [2.45, 2.75) is 50.2 Å². The molecular weight excluding hydrogens is 411 g/mol. The maximum absolute atomic E-state index is 14.1. The van der Waals surface area contributed by atoms with E-state index in [1.54, 1.807) is 22.9 Å². The molecule has 0 radical (unpaired) electrons. The van der Waals surface area contributed by atoms with E-state index >= 15 is 0 Å². The molecule has 1 saturated heterocycles. The van der Waals surface area contributed by atoms with Gasteiger partial charge < -0.3 is 9.30 Å². The van der Waals surface area contributed by atoms with Gasteiger partial charge in [0.15, 0.2) is 20.9 Å². The minimum Gasteiger partial charge on any atom is -0.350 e. The Morgan fingerprint density at radius 3 is 2.87 bits per heavy atom. The van der Waals surface area contributed by atoms with Gasteiger partial charge >= 0.3 is 0 Å². The Kier molecular flexibility index (Phi) is 6.50. The van der Waals surface area contributed by atoms with Gasteiger partial charge in [-0.3, -0.25) is 4.79 Å². The van der Waals surface area contributed by atoms with Crippen LogP contribution in [0, 0.1) is 18.2 Å². The van der Waals surface area contributed by atoms with Gasteiger partial charge in [-0.05, 0) is 44.4 Å².